The van der Waals surface area contributed by atoms with Gasteiger partial charge in [0.25, 0.3) is 5.91 Å². The second kappa shape index (κ2) is 9.34. The summed E-state index contributed by atoms with van der Waals surface area (Å²) in [4.78, 5) is 12.3. The van der Waals surface area contributed by atoms with Crippen molar-refractivity contribution in [2.24, 2.45) is 0 Å². The van der Waals surface area contributed by atoms with Gasteiger partial charge in [-0.05, 0) is 68.8 Å². The third-order valence-electron chi connectivity index (χ3n) is 3.76. The monoisotopic (exact) mass is 377 g/mol. The molecule has 26 heavy (non-hydrogen) atoms. The van der Waals surface area contributed by atoms with E-state index in [0.29, 0.717) is 23.1 Å². The van der Waals surface area contributed by atoms with E-state index in [1.807, 2.05) is 44.2 Å². The number of hydrogen-bond donors (Lipinski definition) is 1. The summed E-state index contributed by atoms with van der Waals surface area (Å²) in [5.41, 5.74) is 0.901. The number of carbonyl (C=O) groups excluding carboxylic acids is 1. The Morgan fingerprint density at radius 3 is 2.31 bits per heavy atom. The Labute approximate surface area is 159 Å². The Balaban J connectivity index is 1.80. The zero-order valence-electron chi connectivity index (χ0n) is 15.4. The topological polar surface area (TPSA) is 56.8 Å². The van der Waals surface area contributed by atoms with Crippen LogP contribution in [0.4, 0.5) is 0 Å². The Bertz CT molecular complexity index is 733. The average molecular weight is 378 g/mol. The minimum Gasteiger partial charge on any atom is -0.497 e. The number of amides is 1. The summed E-state index contributed by atoms with van der Waals surface area (Å²) < 4.78 is 16.4. The molecule has 140 valence electrons. The standard InChI is InChI=1S/C20H24ClNO4/c1-13-11-18(9-10-19(13)21)26-15(3)20(23)22-14(2)12-25-17-7-5-16(24-4)6-8-17/h5-11,14-15H,12H2,1-4H3,(H,22,23)/t14-,15+/m1/s1. The van der Waals surface area contributed by atoms with Gasteiger partial charge in [-0.3, -0.25) is 4.79 Å². The van der Waals surface area contributed by atoms with Crippen molar-refractivity contribution in [1.29, 1.82) is 0 Å². The van der Waals surface area contributed by atoms with Gasteiger partial charge in [-0.1, -0.05) is 11.6 Å². The van der Waals surface area contributed by atoms with Gasteiger partial charge in [-0.25, -0.2) is 0 Å². The zero-order valence-corrected chi connectivity index (χ0v) is 16.2. The van der Waals surface area contributed by atoms with Crippen molar-refractivity contribution >= 4 is 17.5 Å². The maximum atomic E-state index is 12.3. The van der Waals surface area contributed by atoms with E-state index in [1.165, 1.54) is 0 Å². The highest BCUT2D eigenvalue weighted by molar-refractivity contribution is 6.31. The molecule has 2 aromatic rings. The minimum absolute atomic E-state index is 0.164. The van der Waals surface area contributed by atoms with Gasteiger partial charge in [0, 0.05) is 5.02 Å². The summed E-state index contributed by atoms with van der Waals surface area (Å²) in [6.07, 6.45) is -0.626. The first-order valence-electron chi connectivity index (χ1n) is 8.39. The maximum Gasteiger partial charge on any atom is 0.261 e. The second-order valence-electron chi connectivity index (χ2n) is 6.07. The summed E-state index contributed by atoms with van der Waals surface area (Å²) in [6.45, 7) is 5.82. The number of aryl methyl sites for hydroxylation is 1. The molecule has 1 N–H and O–H groups in total. The summed E-state index contributed by atoms with van der Waals surface area (Å²) >= 11 is 6.00. The molecule has 0 spiro atoms. The Kier molecular flexibility index (Phi) is 7.16. The fourth-order valence-corrected chi connectivity index (χ4v) is 2.36. The Morgan fingerprint density at radius 1 is 1.08 bits per heavy atom. The number of methoxy groups -OCH3 is 1. The minimum atomic E-state index is -0.626. The van der Waals surface area contributed by atoms with Crippen LogP contribution in [0.2, 0.25) is 5.02 Å². The van der Waals surface area contributed by atoms with Crippen LogP contribution in [-0.4, -0.2) is 31.8 Å². The zero-order chi connectivity index (χ0) is 19.1. The smallest absolute Gasteiger partial charge is 0.261 e. The predicted octanol–water partition coefficient (Wildman–Crippen LogP) is 4.01. The van der Waals surface area contributed by atoms with Crippen molar-refractivity contribution in [1.82, 2.24) is 5.32 Å². The van der Waals surface area contributed by atoms with E-state index in [9.17, 15) is 4.79 Å². The lowest BCUT2D eigenvalue weighted by molar-refractivity contribution is -0.128. The molecular formula is C20H24ClNO4. The summed E-state index contributed by atoms with van der Waals surface area (Å²) in [5, 5.41) is 3.54. The number of hydrogen-bond acceptors (Lipinski definition) is 4. The van der Waals surface area contributed by atoms with E-state index in [4.69, 9.17) is 25.8 Å². The van der Waals surface area contributed by atoms with Crippen LogP contribution in [0.15, 0.2) is 42.5 Å². The molecular weight excluding hydrogens is 354 g/mol. The lowest BCUT2D eigenvalue weighted by Gasteiger charge is -2.19. The van der Waals surface area contributed by atoms with Crippen molar-refractivity contribution < 1.29 is 19.0 Å². The third kappa shape index (κ3) is 5.85. The number of benzene rings is 2. The highest BCUT2D eigenvalue weighted by atomic mass is 35.5. The van der Waals surface area contributed by atoms with E-state index in [2.05, 4.69) is 5.32 Å². The van der Waals surface area contributed by atoms with Gasteiger partial charge in [-0.2, -0.15) is 0 Å². The van der Waals surface area contributed by atoms with Crippen LogP contribution in [0.5, 0.6) is 17.2 Å². The number of nitrogens with one attached hydrogen (secondary N) is 1. The molecule has 0 unspecified atom stereocenters. The van der Waals surface area contributed by atoms with E-state index >= 15 is 0 Å². The molecule has 0 aliphatic carbocycles. The highest BCUT2D eigenvalue weighted by Crippen LogP contribution is 2.22. The molecule has 0 saturated carbocycles. The lowest BCUT2D eigenvalue weighted by Crippen LogP contribution is -2.43. The van der Waals surface area contributed by atoms with E-state index in [-0.39, 0.29) is 11.9 Å². The van der Waals surface area contributed by atoms with Crippen molar-refractivity contribution in [3.8, 4) is 17.2 Å². The van der Waals surface area contributed by atoms with Crippen molar-refractivity contribution in [2.45, 2.75) is 32.9 Å². The van der Waals surface area contributed by atoms with Crippen LogP contribution in [-0.2, 0) is 4.79 Å². The fourth-order valence-electron chi connectivity index (χ4n) is 2.24. The van der Waals surface area contributed by atoms with E-state index in [0.717, 1.165) is 11.3 Å². The van der Waals surface area contributed by atoms with Gasteiger partial charge < -0.3 is 19.5 Å². The fraction of sp³-hybridized carbons (Fsp3) is 0.350. The van der Waals surface area contributed by atoms with Crippen molar-refractivity contribution in [3.63, 3.8) is 0 Å². The molecule has 2 aromatic carbocycles. The first-order valence-corrected chi connectivity index (χ1v) is 8.77. The molecule has 0 aliphatic rings. The average Bonchev–Trinajstić information content (AvgIpc) is 2.63. The summed E-state index contributed by atoms with van der Waals surface area (Å²) in [5.74, 6) is 1.88. The van der Waals surface area contributed by atoms with Crippen LogP contribution >= 0.6 is 11.6 Å². The summed E-state index contributed by atoms with van der Waals surface area (Å²) in [6, 6.07) is 12.4. The van der Waals surface area contributed by atoms with Crippen LogP contribution in [0.3, 0.4) is 0 Å². The second-order valence-corrected chi connectivity index (χ2v) is 6.47. The summed E-state index contributed by atoms with van der Waals surface area (Å²) in [7, 11) is 1.61. The van der Waals surface area contributed by atoms with Gasteiger partial charge in [0.15, 0.2) is 6.10 Å². The van der Waals surface area contributed by atoms with E-state index in [1.54, 1.807) is 26.2 Å². The first kappa shape index (κ1) is 19.9. The van der Waals surface area contributed by atoms with Crippen LogP contribution in [0, 0.1) is 6.92 Å². The molecule has 0 fully saturated rings. The molecule has 0 bridgehead atoms. The van der Waals surface area contributed by atoms with Crippen LogP contribution in [0.1, 0.15) is 19.4 Å². The Morgan fingerprint density at radius 2 is 1.69 bits per heavy atom. The third-order valence-corrected chi connectivity index (χ3v) is 4.18. The molecule has 0 saturated heterocycles. The molecule has 0 radical (unpaired) electrons. The van der Waals surface area contributed by atoms with Crippen molar-refractivity contribution in [2.75, 3.05) is 13.7 Å². The largest absolute Gasteiger partial charge is 0.497 e. The number of carbonyl (C=O) groups is 1. The van der Waals surface area contributed by atoms with Gasteiger partial charge in [-0.15, -0.1) is 0 Å². The Hall–Kier alpha value is -2.40. The number of ether oxygens (including phenoxy) is 3. The SMILES string of the molecule is COc1ccc(OC[C@@H](C)NC(=O)[C@H](C)Oc2ccc(Cl)c(C)c2)cc1. The van der Waals surface area contributed by atoms with Gasteiger partial charge in [0.2, 0.25) is 0 Å². The molecule has 0 heterocycles. The molecule has 1 amide bonds. The van der Waals surface area contributed by atoms with Crippen LogP contribution < -0.4 is 19.5 Å². The van der Waals surface area contributed by atoms with Crippen molar-refractivity contribution in [3.05, 3.63) is 53.1 Å². The molecule has 6 heteroatoms. The maximum absolute atomic E-state index is 12.3. The van der Waals surface area contributed by atoms with Gasteiger partial charge >= 0.3 is 0 Å². The quantitative estimate of drug-likeness (QED) is 0.755. The molecule has 0 aromatic heterocycles. The predicted molar refractivity (Wildman–Crippen MR) is 102 cm³/mol. The normalized spacial score (nSPS) is 12.8. The van der Waals surface area contributed by atoms with Gasteiger partial charge in [0.1, 0.15) is 23.9 Å². The molecule has 5 nitrogen and oxygen atoms in total. The number of rotatable bonds is 8. The first-order chi connectivity index (χ1) is 12.4. The molecule has 2 rings (SSSR count). The highest BCUT2D eigenvalue weighted by Gasteiger charge is 2.17. The molecule has 0 aliphatic heterocycles. The van der Waals surface area contributed by atoms with Gasteiger partial charge in [0.05, 0.1) is 13.2 Å². The van der Waals surface area contributed by atoms with E-state index < -0.39 is 6.10 Å². The molecule has 2 atom stereocenters. The number of halogens is 1. The van der Waals surface area contributed by atoms with Crippen LogP contribution in [0.25, 0.3) is 0 Å². The lowest BCUT2D eigenvalue weighted by atomic mass is 10.2.